The number of nitrogens with two attached hydrogens (primary N) is 1. The zero-order chi connectivity index (χ0) is 6.69. The van der Waals surface area contributed by atoms with Gasteiger partial charge in [0, 0.05) is 12.1 Å². The summed E-state index contributed by atoms with van der Waals surface area (Å²) < 4.78 is 0. The molecule has 0 saturated carbocycles. The molecular formula is C6H10N3+. The maximum atomic E-state index is 8.45. The van der Waals surface area contributed by atoms with E-state index in [0.717, 1.165) is 19.5 Å². The molecule has 1 aliphatic rings. The van der Waals surface area contributed by atoms with Gasteiger partial charge in [-0.3, -0.25) is 0 Å². The van der Waals surface area contributed by atoms with E-state index in [1.807, 2.05) is 0 Å². The molecular weight excluding hydrogens is 114 g/mol. The summed E-state index contributed by atoms with van der Waals surface area (Å²) in [7, 11) is 0. The number of rotatable bonds is 0. The van der Waals surface area contributed by atoms with Crippen LogP contribution in [0.5, 0.6) is 0 Å². The van der Waals surface area contributed by atoms with Crippen molar-refractivity contribution in [1.82, 2.24) is 0 Å². The standard InChI is InChI=1S/C6H9N3/c7-3-5-4-9-2-1-6(5)8/h5,8-9H,1-2,4H2/p+1/t5-/m0/s1. The number of nitrogens with one attached hydrogen (secondary N) is 1. The van der Waals surface area contributed by atoms with Gasteiger partial charge in [0.05, 0.1) is 19.2 Å². The van der Waals surface area contributed by atoms with Crippen molar-refractivity contribution in [3.05, 3.63) is 0 Å². The fourth-order valence-corrected chi connectivity index (χ4v) is 0.989. The van der Waals surface area contributed by atoms with Gasteiger partial charge in [0.25, 0.3) is 0 Å². The minimum atomic E-state index is -0.112. The summed E-state index contributed by atoms with van der Waals surface area (Å²) in [6, 6.07) is 2.10. The van der Waals surface area contributed by atoms with E-state index in [9.17, 15) is 0 Å². The third-order valence-electron chi connectivity index (χ3n) is 1.60. The molecule has 0 radical (unpaired) electrons. The Bertz CT molecular complexity index is 156. The molecule has 0 aromatic carbocycles. The Morgan fingerprint density at radius 2 is 2.56 bits per heavy atom. The normalized spacial score (nSPS) is 27.4. The average Bonchev–Trinajstić information content (AvgIpc) is 1.89. The number of piperidine rings is 1. The summed E-state index contributed by atoms with van der Waals surface area (Å²) in [5.41, 5.74) is 0.611. The molecule has 1 fully saturated rings. The molecule has 1 saturated heterocycles. The molecule has 0 spiro atoms. The van der Waals surface area contributed by atoms with Crippen LogP contribution in [0.2, 0.25) is 0 Å². The Morgan fingerprint density at radius 1 is 1.78 bits per heavy atom. The van der Waals surface area contributed by atoms with E-state index in [1.165, 1.54) is 0 Å². The number of nitrogens with zero attached hydrogens (tertiary/aromatic N) is 1. The molecule has 1 rings (SSSR count). The first kappa shape index (κ1) is 6.24. The van der Waals surface area contributed by atoms with Crippen molar-refractivity contribution in [3.63, 3.8) is 0 Å². The van der Waals surface area contributed by atoms with Gasteiger partial charge in [-0.2, -0.15) is 5.26 Å². The molecule has 48 valence electrons. The van der Waals surface area contributed by atoms with Gasteiger partial charge in [0.15, 0.2) is 0 Å². The van der Waals surface area contributed by atoms with Crippen LogP contribution in [-0.2, 0) is 0 Å². The maximum absolute atomic E-state index is 8.45. The van der Waals surface area contributed by atoms with E-state index in [-0.39, 0.29) is 5.92 Å². The highest BCUT2D eigenvalue weighted by molar-refractivity contribution is 5.86. The second-order valence-corrected chi connectivity index (χ2v) is 2.27. The van der Waals surface area contributed by atoms with E-state index in [2.05, 4.69) is 11.4 Å². The average molecular weight is 124 g/mol. The zero-order valence-corrected chi connectivity index (χ0v) is 5.22. The predicted octanol–water partition coefficient (Wildman–Crippen LogP) is -0.887. The highest BCUT2D eigenvalue weighted by atomic mass is 14.9. The third kappa shape index (κ3) is 1.27. The fraction of sp³-hybridized carbons (Fsp3) is 0.667. The van der Waals surface area contributed by atoms with Gasteiger partial charge in [0.1, 0.15) is 5.92 Å². The predicted molar refractivity (Wildman–Crippen MR) is 33.1 cm³/mol. The quantitative estimate of drug-likeness (QED) is 0.432. The first-order valence-electron chi connectivity index (χ1n) is 3.13. The zero-order valence-electron chi connectivity index (χ0n) is 5.22. The Hall–Kier alpha value is -0.880. The van der Waals surface area contributed by atoms with Crippen LogP contribution in [0.15, 0.2) is 0 Å². The van der Waals surface area contributed by atoms with Gasteiger partial charge in [-0.25, -0.2) is 0 Å². The van der Waals surface area contributed by atoms with E-state index >= 15 is 0 Å². The van der Waals surface area contributed by atoms with Crippen LogP contribution in [0.4, 0.5) is 0 Å². The number of hydrogen-bond donors (Lipinski definition) is 2. The topological polar surface area (TPSA) is 64.2 Å². The van der Waals surface area contributed by atoms with E-state index in [4.69, 9.17) is 10.7 Å². The van der Waals surface area contributed by atoms with Gasteiger partial charge >= 0.3 is 0 Å². The second-order valence-electron chi connectivity index (χ2n) is 2.27. The van der Waals surface area contributed by atoms with Crippen molar-refractivity contribution in [2.24, 2.45) is 5.92 Å². The fourth-order valence-electron chi connectivity index (χ4n) is 0.989. The van der Waals surface area contributed by atoms with Gasteiger partial charge < -0.3 is 10.7 Å². The Labute approximate surface area is 54.2 Å². The Balaban J connectivity index is 2.51. The first-order chi connectivity index (χ1) is 4.34. The molecule has 3 N–H and O–H groups in total. The first-order valence-corrected chi connectivity index (χ1v) is 3.13. The summed E-state index contributed by atoms with van der Waals surface area (Å²) in [6.45, 7) is 1.77. The van der Waals surface area contributed by atoms with Crippen molar-refractivity contribution < 1.29 is 5.32 Å². The number of hydrogen-bond acceptors (Lipinski definition) is 2. The van der Waals surface area contributed by atoms with Crippen molar-refractivity contribution in [3.8, 4) is 6.07 Å². The molecule has 1 atom stereocenters. The Morgan fingerprint density at radius 3 is 3.00 bits per heavy atom. The van der Waals surface area contributed by atoms with Crippen LogP contribution < -0.4 is 5.32 Å². The van der Waals surface area contributed by atoms with Crippen LogP contribution in [0, 0.1) is 22.7 Å². The van der Waals surface area contributed by atoms with Gasteiger partial charge in [-0.05, 0) is 0 Å². The van der Waals surface area contributed by atoms with Crippen molar-refractivity contribution in [2.45, 2.75) is 6.42 Å². The number of quaternary nitrogens is 1. The molecule has 1 aliphatic heterocycles. The van der Waals surface area contributed by atoms with Crippen LogP contribution in [0.3, 0.4) is 0 Å². The van der Waals surface area contributed by atoms with E-state index < -0.39 is 0 Å². The molecule has 0 bridgehead atoms. The van der Waals surface area contributed by atoms with Crippen LogP contribution in [0.1, 0.15) is 6.42 Å². The van der Waals surface area contributed by atoms with Crippen LogP contribution >= 0.6 is 0 Å². The minimum Gasteiger partial charge on any atom is -0.345 e. The molecule has 0 aromatic heterocycles. The summed E-state index contributed by atoms with van der Waals surface area (Å²) in [6.07, 6.45) is 0.790. The monoisotopic (exact) mass is 124 g/mol. The van der Waals surface area contributed by atoms with Gasteiger partial charge in [-0.1, -0.05) is 0 Å². The third-order valence-corrected chi connectivity index (χ3v) is 1.60. The number of nitriles is 1. The van der Waals surface area contributed by atoms with Crippen LogP contribution in [0.25, 0.3) is 0 Å². The lowest BCUT2D eigenvalue weighted by molar-refractivity contribution is -0.659. The highest BCUT2D eigenvalue weighted by Crippen LogP contribution is 1.99. The second kappa shape index (κ2) is 2.60. The molecule has 0 aliphatic carbocycles. The largest absolute Gasteiger partial charge is 0.345 e. The van der Waals surface area contributed by atoms with E-state index in [0.29, 0.717) is 5.71 Å². The van der Waals surface area contributed by atoms with Crippen molar-refractivity contribution in [2.75, 3.05) is 13.1 Å². The summed E-state index contributed by atoms with van der Waals surface area (Å²) in [5, 5.41) is 17.8. The van der Waals surface area contributed by atoms with Gasteiger partial charge in [-0.15, -0.1) is 0 Å². The van der Waals surface area contributed by atoms with Crippen molar-refractivity contribution in [1.29, 1.82) is 10.7 Å². The van der Waals surface area contributed by atoms with Crippen LogP contribution in [-0.4, -0.2) is 18.8 Å². The summed E-state index contributed by atoms with van der Waals surface area (Å²) in [5.74, 6) is -0.112. The molecule has 3 nitrogen and oxygen atoms in total. The lowest BCUT2D eigenvalue weighted by Gasteiger charge is -2.14. The maximum Gasteiger partial charge on any atom is 0.133 e. The molecule has 0 amide bonds. The van der Waals surface area contributed by atoms with Crippen molar-refractivity contribution >= 4 is 5.71 Å². The van der Waals surface area contributed by atoms with E-state index in [1.54, 1.807) is 0 Å². The molecule has 0 unspecified atom stereocenters. The smallest absolute Gasteiger partial charge is 0.133 e. The molecule has 9 heavy (non-hydrogen) atoms. The summed E-state index contributed by atoms with van der Waals surface area (Å²) >= 11 is 0. The summed E-state index contributed by atoms with van der Waals surface area (Å²) in [4.78, 5) is 0. The minimum absolute atomic E-state index is 0.112. The molecule has 3 heteroatoms. The molecule has 1 heterocycles. The Kier molecular flexibility index (Phi) is 1.81. The highest BCUT2D eigenvalue weighted by Gasteiger charge is 2.19. The lowest BCUT2D eigenvalue weighted by atomic mass is 9.99. The SMILES string of the molecule is N#C[C@H]1C[NH2+]CCC1=N. The van der Waals surface area contributed by atoms with Gasteiger partial charge in [0.2, 0.25) is 0 Å². The lowest BCUT2D eigenvalue weighted by Crippen LogP contribution is -2.88. The molecule has 0 aromatic rings.